The summed E-state index contributed by atoms with van der Waals surface area (Å²) in [4.78, 5) is 12.9. The molecule has 4 heteroatoms. The number of para-hydroxylation sites is 1. The Morgan fingerprint density at radius 1 is 1.11 bits per heavy atom. The molecule has 1 N–H and O–H groups in total. The smallest absolute Gasteiger partial charge is 0.0936 e. The highest BCUT2D eigenvalue weighted by molar-refractivity contribution is 5.90. The maximum atomic E-state index is 4.59. The Morgan fingerprint density at radius 3 is 2.89 bits per heavy atom. The molecule has 0 spiro atoms. The normalized spacial score (nSPS) is 10.6. The molecule has 0 bridgehead atoms. The minimum absolute atomic E-state index is 0.641. The second-order valence-corrected chi connectivity index (χ2v) is 4.38. The van der Waals surface area contributed by atoms with Gasteiger partial charge in [0.1, 0.15) is 0 Å². The van der Waals surface area contributed by atoms with Gasteiger partial charge in [0.15, 0.2) is 0 Å². The summed E-state index contributed by atoms with van der Waals surface area (Å²) in [7, 11) is 0. The number of benzene rings is 1. The highest BCUT2D eigenvalue weighted by Crippen LogP contribution is 2.22. The van der Waals surface area contributed by atoms with Gasteiger partial charge in [0.05, 0.1) is 29.6 Å². The van der Waals surface area contributed by atoms with E-state index in [-0.39, 0.29) is 0 Å². The largest absolute Gasteiger partial charge is 0.378 e. The van der Waals surface area contributed by atoms with E-state index < -0.39 is 0 Å². The van der Waals surface area contributed by atoms with Crippen LogP contribution in [0, 0.1) is 6.92 Å². The highest BCUT2D eigenvalue weighted by atomic mass is 14.9. The van der Waals surface area contributed by atoms with Gasteiger partial charge in [-0.1, -0.05) is 18.2 Å². The lowest BCUT2D eigenvalue weighted by Gasteiger charge is -2.09. The molecular formula is C15H14N4. The molecule has 0 amide bonds. The summed E-state index contributed by atoms with van der Waals surface area (Å²) in [5.41, 5.74) is 3.94. The van der Waals surface area contributed by atoms with E-state index in [0.29, 0.717) is 6.54 Å². The van der Waals surface area contributed by atoms with Crippen LogP contribution in [0.1, 0.15) is 11.4 Å². The van der Waals surface area contributed by atoms with Crippen molar-refractivity contribution in [1.29, 1.82) is 0 Å². The molecule has 2 aromatic heterocycles. The van der Waals surface area contributed by atoms with E-state index in [0.717, 1.165) is 28.0 Å². The molecule has 19 heavy (non-hydrogen) atoms. The topological polar surface area (TPSA) is 50.7 Å². The number of anilines is 1. The van der Waals surface area contributed by atoms with Crippen molar-refractivity contribution in [3.63, 3.8) is 0 Å². The van der Waals surface area contributed by atoms with Crippen molar-refractivity contribution in [1.82, 2.24) is 15.0 Å². The van der Waals surface area contributed by atoms with Crippen LogP contribution in [0.5, 0.6) is 0 Å². The predicted octanol–water partition coefficient (Wildman–Crippen LogP) is 2.95. The first-order valence-corrected chi connectivity index (χ1v) is 6.18. The Labute approximate surface area is 111 Å². The molecule has 0 saturated carbocycles. The van der Waals surface area contributed by atoms with Crippen LogP contribution in [0.3, 0.4) is 0 Å². The number of aromatic nitrogens is 3. The summed E-state index contributed by atoms with van der Waals surface area (Å²) in [5.74, 6) is 0. The van der Waals surface area contributed by atoms with Crippen molar-refractivity contribution in [3.05, 3.63) is 60.3 Å². The first-order chi connectivity index (χ1) is 9.33. The highest BCUT2D eigenvalue weighted by Gasteiger charge is 2.02. The van der Waals surface area contributed by atoms with Crippen LogP contribution in [0.25, 0.3) is 10.9 Å². The van der Waals surface area contributed by atoms with Gasteiger partial charge in [0, 0.05) is 23.5 Å². The molecule has 2 heterocycles. The van der Waals surface area contributed by atoms with Crippen LogP contribution in [0.4, 0.5) is 5.69 Å². The van der Waals surface area contributed by atoms with Gasteiger partial charge in [-0.05, 0) is 19.1 Å². The Morgan fingerprint density at radius 2 is 2.05 bits per heavy atom. The second kappa shape index (κ2) is 5.02. The van der Waals surface area contributed by atoms with Gasteiger partial charge in [-0.25, -0.2) is 0 Å². The molecule has 0 aliphatic rings. The van der Waals surface area contributed by atoms with Gasteiger partial charge in [0.2, 0.25) is 0 Å². The Bertz CT molecular complexity index is 695. The molecule has 94 valence electrons. The number of hydrogen-bond donors (Lipinski definition) is 1. The first-order valence-electron chi connectivity index (χ1n) is 6.18. The number of rotatable bonds is 3. The van der Waals surface area contributed by atoms with Crippen LogP contribution in [0.15, 0.2) is 48.9 Å². The molecule has 1 aromatic carbocycles. The fourth-order valence-electron chi connectivity index (χ4n) is 1.99. The summed E-state index contributed by atoms with van der Waals surface area (Å²) in [6.07, 6.45) is 5.13. The number of aryl methyl sites for hydroxylation is 1. The van der Waals surface area contributed by atoms with E-state index in [9.17, 15) is 0 Å². The Hall–Kier alpha value is -2.49. The average molecular weight is 250 g/mol. The van der Waals surface area contributed by atoms with E-state index in [1.807, 2.05) is 25.1 Å². The molecular weight excluding hydrogens is 236 g/mol. The molecule has 3 rings (SSSR count). The summed E-state index contributed by atoms with van der Waals surface area (Å²) >= 11 is 0. The molecule has 0 unspecified atom stereocenters. The van der Waals surface area contributed by atoms with E-state index in [1.165, 1.54) is 0 Å². The molecule has 0 aliphatic heterocycles. The number of nitrogens with one attached hydrogen (secondary N) is 1. The standard InChI is InChI=1S/C15H14N4/c1-11-5-6-12-3-2-4-14(15(12)19-11)18-10-13-9-16-7-8-17-13/h2-9,18H,10H2,1H3. The van der Waals surface area contributed by atoms with Crippen molar-refractivity contribution in [2.45, 2.75) is 13.5 Å². The van der Waals surface area contributed by atoms with Crippen molar-refractivity contribution in [2.24, 2.45) is 0 Å². The van der Waals surface area contributed by atoms with Crippen LogP contribution >= 0.6 is 0 Å². The Balaban J connectivity index is 1.90. The lowest BCUT2D eigenvalue weighted by Crippen LogP contribution is -2.03. The molecule has 0 atom stereocenters. The van der Waals surface area contributed by atoms with Gasteiger partial charge in [0.25, 0.3) is 0 Å². The SMILES string of the molecule is Cc1ccc2cccc(NCc3cnccn3)c2n1. The third-order valence-electron chi connectivity index (χ3n) is 2.94. The zero-order chi connectivity index (χ0) is 13.1. The number of hydrogen-bond acceptors (Lipinski definition) is 4. The van der Waals surface area contributed by atoms with Crippen LogP contribution < -0.4 is 5.32 Å². The first kappa shape index (κ1) is 11.6. The molecule has 3 aromatic rings. The summed E-state index contributed by atoms with van der Waals surface area (Å²) in [6.45, 7) is 2.64. The maximum absolute atomic E-state index is 4.59. The summed E-state index contributed by atoms with van der Waals surface area (Å²) < 4.78 is 0. The van der Waals surface area contributed by atoms with Gasteiger partial charge in [-0.2, -0.15) is 0 Å². The quantitative estimate of drug-likeness (QED) is 0.776. The number of pyridine rings is 1. The zero-order valence-corrected chi connectivity index (χ0v) is 10.7. The minimum Gasteiger partial charge on any atom is -0.378 e. The van der Waals surface area contributed by atoms with Gasteiger partial charge in [-0.15, -0.1) is 0 Å². The molecule has 0 saturated heterocycles. The van der Waals surface area contributed by atoms with Crippen molar-refractivity contribution in [3.8, 4) is 0 Å². The zero-order valence-electron chi connectivity index (χ0n) is 10.7. The molecule has 0 fully saturated rings. The lowest BCUT2D eigenvalue weighted by molar-refractivity contribution is 1.01. The van der Waals surface area contributed by atoms with Crippen molar-refractivity contribution in [2.75, 3.05) is 5.32 Å². The predicted molar refractivity (Wildman–Crippen MR) is 75.8 cm³/mol. The van der Waals surface area contributed by atoms with E-state index in [1.54, 1.807) is 18.6 Å². The third-order valence-corrected chi connectivity index (χ3v) is 2.94. The summed E-state index contributed by atoms with van der Waals surface area (Å²) in [5, 5.41) is 4.50. The van der Waals surface area contributed by atoms with Crippen LogP contribution in [-0.4, -0.2) is 15.0 Å². The van der Waals surface area contributed by atoms with Crippen LogP contribution in [-0.2, 0) is 6.54 Å². The Kier molecular flexibility index (Phi) is 3.06. The van der Waals surface area contributed by atoms with E-state index in [2.05, 4.69) is 32.4 Å². The average Bonchev–Trinajstić information content (AvgIpc) is 2.46. The number of nitrogens with zero attached hydrogens (tertiary/aromatic N) is 3. The van der Waals surface area contributed by atoms with Gasteiger partial charge < -0.3 is 5.32 Å². The summed E-state index contributed by atoms with van der Waals surface area (Å²) in [6, 6.07) is 10.2. The van der Waals surface area contributed by atoms with Gasteiger partial charge in [-0.3, -0.25) is 15.0 Å². The molecule has 0 aliphatic carbocycles. The lowest BCUT2D eigenvalue weighted by atomic mass is 10.1. The van der Waals surface area contributed by atoms with E-state index in [4.69, 9.17) is 0 Å². The fourth-order valence-corrected chi connectivity index (χ4v) is 1.99. The van der Waals surface area contributed by atoms with E-state index >= 15 is 0 Å². The number of fused-ring (bicyclic) bond motifs is 1. The maximum Gasteiger partial charge on any atom is 0.0936 e. The second-order valence-electron chi connectivity index (χ2n) is 4.38. The van der Waals surface area contributed by atoms with Crippen molar-refractivity contribution < 1.29 is 0 Å². The third kappa shape index (κ3) is 2.52. The molecule has 0 radical (unpaired) electrons. The molecule has 4 nitrogen and oxygen atoms in total. The monoisotopic (exact) mass is 250 g/mol. The van der Waals surface area contributed by atoms with Gasteiger partial charge >= 0.3 is 0 Å². The van der Waals surface area contributed by atoms with Crippen molar-refractivity contribution >= 4 is 16.6 Å². The minimum atomic E-state index is 0.641. The fraction of sp³-hybridized carbons (Fsp3) is 0.133. The van der Waals surface area contributed by atoms with Crippen LogP contribution in [0.2, 0.25) is 0 Å².